The van der Waals surface area contributed by atoms with E-state index in [-0.39, 0.29) is 24.6 Å². The molecule has 0 aliphatic carbocycles. The number of nitro benzene ring substituents is 1. The molecule has 1 amide bonds. The lowest BCUT2D eigenvalue weighted by Gasteiger charge is -2.30. The topological polar surface area (TPSA) is 101 Å². The van der Waals surface area contributed by atoms with Gasteiger partial charge in [-0.1, -0.05) is 12.1 Å². The lowest BCUT2D eigenvalue weighted by Crippen LogP contribution is -2.42. The Kier molecular flexibility index (Phi) is 4.52. The maximum atomic E-state index is 12.2. The largest absolute Gasteiger partial charge is 0.481 e. The summed E-state index contributed by atoms with van der Waals surface area (Å²) < 4.78 is 0. The lowest BCUT2D eigenvalue weighted by molar-refractivity contribution is -0.384. The predicted molar refractivity (Wildman–Crippen MR) is 73.7 cm³/mol. The third kappa shape index (κ3) is 3.77. The SMILES string of the molecule is O=C(O)C1CCCN(C(=O)Cc2cccc([N+](=O)[O-])c2)C1. The molecular weight excluding hydrogens is 276 g/mol. The first-order valence-corrected chi connectivity index (χ1v) is 6.71. The van der Waals surface area contributed by atoms with Crippen LogP contribution in [0.3, 0.4) is 0 Å². The molecule has 0 saturated carbocycles. The van der Waals surface area contributed by atoms with E-state index in [2.05, 4.69) is 0 Å². The first-order chi connectivity index (χ1) is 9.97. The molecule has 1 unspecified atom stereocenters. The third-order valence-corrected chi connectivity index (χ3v) is 3.60. The van der Waals surface area contributed by atoms with Gasteiger partial charge in [0.25, 0.3) is 5.69 Å². The average Bonchev–Trinajstić information content (AvgIpc) is 2.47. The van der Waals surface area contributed by atoms with Crippen molar-refractivity contribution in [3.05, 3.63) is 39.9 Å². The zero-order valence-corrected chi connectivity index (χ0v) is 11.4. The number of carboxylic acid groups (broad SMARTS) is 1. The molecule has 2 rings (SSSR count). The number of likely N-dealkylation sites (tertiary alicyclic amines) is 1. The second kappa shape index (κ2) is 6.34. The fourth-order valence-electron chi connectivity index (χ4n) is 2.47. The molecule has 7 nitrogen and oxygen atoms in total. The summed E-state index contributed by atoms with van der Waals surface area (Å²) in [6, 6.07) is 5.94. The van der Waals surface area contributed by atoms with Crippen molar-refractivity contribution in [2.75, 3.05) is 13.1 Å². The smallest absolute Gasteiger partial charge is 0.308 e. The van der Waals surface area contributed by atoms with Crippen LogP contribution in [-0.2, 0) is 16.0 Å². The van der Waals surface area contributed by atoms with E-state index in [0.29, 0.717) is 24.9 Å². The summed E-state index contributed by atoms with van der Waals surface area (Å²) in [6.45, 7) is 0.751. The van der Waals surface area contributed by atoms with Crippen LogP contribution < -0.4 is 0 Å². The van der Waals surface area contributed by atoms with Gasteiger partial charge in [0.1, 0.15) is 0 Å². The Labute approximate surface area is 121 Å². The van der Waals surface area contributed by atoms with Gasteiger partial charge in [-0.3, -0.25) is 19.7 Å². The Bertz CT molecular complexity index is 572. The van der Waals surface area contributed by atoms with E-state index in [9.17, 15) is 19.7 Å². The van der Waals surface area contributed by atoms with Crippen LogP contribution in [-0.4, -0.2) is 39.9 Å². The van der Waals surface area contributed by atoms with E-state index in [1.807, 2.05) is 0 Å². The highest BCUT2D eigenvalue weighted by Crippen LogP contribution is 2.19. The van der Waals surface area contributed by atoms with Crippen LogP contribution in [0.15, 0.2) is 24.3 Å². The van der Waals surface area contributed by atoms with Crippen molar-refractivity contribution in [3.8, 4) is 0 Å². The molecule has 7 heteroatoms. The molecule has 0 bridgehead atoms. The van der Waals surface area contributed by atoms with Crippen molar-refractivity contribution in [1.82, 2.24) is 4.90 Å². The van der Waals surface area contributed by atoms with Crippen molar-refractivity contribution in [2.45, 2.75) is 19.3 Å². The summed E-state index contributed by atoms with van der Waals surface area (Å²) in [7, 11) is 0. The molecule has 0 spiro atoms. The highest BCUT2D eigenvalue weighted by atomic mass is 16.6. The van der Waals surface area contributed by atoms with Gasteiger partial charge < -0.3 is 10.0 Å². The second-order valence-corrected chi connectivity index (χ2v) is 5.12. The number of non-ortho nitro benzene ring substituents is 1. The number of nitrogens with zero attached hydrogens (tertiary/aromatic N) is 2. The maximum absolute atomic E-state index is 12.2. The molecule has 1 aromatic carbocycles. The number of amides is 1. The minimum atomic E-state index is -0.886. The van der Waals surface area contributed by atoms with Crippen molar-refractivity contribution in [3.63, 3.8) is 0 Å². The molecule has 112 valence electrons. The Morgan fingerprint density at radius 1 is 1.43 bits per heavy atom. The first-order valence-electron chi connectivity index (χ1n) is 6.71. The number of piperidine rings is 1. The number of carboxylic acids is 1. The van der Waals surface area contributed by atoms with Crippen molar-refractivity contribution >= 4 is 17.6 Å². The van der Waals surface area contributed by atoms with Gasteiger partial charge in [0, 0.05) is 25.2 Å². The van der Waals surface area contributed by atoms with Crippen LogP contribution in [0, 0.1) is 16.0 Å². The lowest BCUT2D eigenvalue weighted by atomic mass is 9.97. The molecule has 1 N–H and O–H groups in total. The van der Waals surface area contributed by atoms with Gasteiger partial charge in [-0.25, -0.2) is 0 Å². The quantitative estimate of drug-likeness (QED) is 0.668. The standard InChI is InChI=1S/C14H16N2O5/c17-13(15-6-2-4-11(9-15)14(18)19)8-10-3-1-5-12(7-10)16(20)21/h1,3,5,7,11H,2,4,6,8-9H2,(H,18,19). The average molecular weight is 292 g/mol. The molecule has 1 aliphatic rings. The van der Waals surface area contributed by atoms with Gasteiger partial charge in [0.2, 0.25) is 5.91 Å². The molecule has 1 aliphatic heterocycles. The van der Waals surface area contributed by atoms with E-state index in [1.165, 1.54) is 23.1 Å². The Balaban J connectivity index is 2.02. The maximum Gasteiger partial charge on any atom is 0.308 e. The summed E-state index contributed by atoms with van der Waals surface area (Å²) in [5, 5.41) is 19.7. The molecule has 1 atom stereocenters. The number of carbonyl (C=O) groups is 2. The zero-order chi connectivity index (χ0) is 15.4. The summed E-state index contributed by atoms with van der Waals surface area (Å²) in [5.41, 5.74) is 0.508. The van der Waals surface area contributed by atoms with Crippen LogP contribution in [0.5, 0.6) is 0 Å². The highest BCUT2D eigenvalue weighted by molar-refractivity contribution is 5.80. The second-order valence-electron chi connectivity index (χ2n) is 5.12. The predicted octanol–water partition coefficient (Wildman–Crippen LogP) is 1.46. The van der Waals surface area contributed by atoms with Crippen LogP contribution in [0.2, 0.25) is 0 Å². The normalized spacial score (nSPS) is 18.3. The number of hydrogen-bond donors (Lipinski definition) is 1. The number of hydrogen-bond acceptors (Lipinski definition) is 4. The van der Waals surface area contributed by atoms with E-state index in [4.69, 9.17) is 5.11 Å². The fourth-order valence-corrected chi connectivity index (χ4v) is 2.47. The van der Waals surface area contributed by atoms with Gasteiger partial charge in [0.05, 0.1) is 17.3 Å². The number of carbonyl (C=O) groups excluding carboxylic acids is 1. The van der Waals surface area contributed by atoms with Crippen LogP contribution in [0.4, 0.5) is 5.69 Å². The summed E-state index contributed by atoms with van der Waals surface area (Å²) in [5.74, 6) is -1.60. The molecule has 1 saturated heterocycles. The molecule has 1 fully saturated rings. The number of benzene rings is 1. The molecule has 0 radical (unpaired) electrons. The Hall–Kier alpha value is -2.44. The zero-order valence-electron chi connectivity index (χ0n) is 11.4. The Morgan fingerprint density at radius 3 is 2.86 bits per heavy atom. The summed E-state index contributed by atoms with van der Waals surface area (Å²) >= 11 is 0. The summed E-state index contributed by atoms with van der Waals surface area (Å²) in [4.78, 5) is 34.9. The van der Waals surface area contributed by atoms with Gasteiger partial charge in [-0.15, -0.1) is 0 Å². The van der Waals surface area contributed by atoms with Gasteiger partial charge in [-0.2, -0.15) is 0 Å². The van der Waals surface area contributed by atoms with E-state index < -0.39 is 16.8 Å². The molecule has 1 aromatic rings. The van der Waals surface area contributed by atoms with Crippen LogP contribution in [0.1, 0.15) is 18.4 Å². The van der Waals surface area contributed by atoms with E-state index in [0.717, 1.165) is 0 Å². The minimum absolute atomic E-state index is 0.0496. The molecular formula is C14H16N2O5. The molecule has 21 heavy (non-hydrogen) atoms. The highest BCUT2D eigenvalue weighted by Gasteiger charge is 2.28. The molecule has 0 aromatic heterocycles. The van der Waals surface area contributed by atoms with Gasteiger partial charge >= 0.3 is 5.97 Å². The monoisotopic (exact) mass is 292 g/mol. The van der Waals surface area contributed by atoms with Gasteiger partial charge in [0.15, 0.2) is 0 Å². The van der Waals surface area contributed by atoms with Crippen LogP contribution >= 0.6 is 0 Å². The van der Waals surface area contributed by atoms with E-state index >= 15 is 0 Å². The van der Waals surface area contributed by atoms with Crippen molar-refractivity contribution < 1.29 is 19.6 Å². The third-order valence-electron chi connectivity index (χ3n) is 3.60. The Morgan fingerprint density at radius 2 is 2.19 bits per heavy atom. The minimum Gasteiger partial charge on any atom is -0.481 e. The first kappa shape index (κ1) is 15.0. The van der Waals surface area contributed by atoms with Gasteiger partial charge in [-0.05, 0) is 18.4 Å². The van der Waals surface area contributed by atoms with Crippen LogP contribution in [0.25, 0.3) is 0 Å². The molecule has 1 heterocycles. The van der Waals surface area contributed by atoms with Crippen molar-refractivity contribution in [2.24, 2.45) is 5.92 Å². The van der Waals surface area contributed by atoms with Crippen molar-refractivity contribution in [1.29, 1.82) is 0 Å². The number of rotatable bonds is 4. The number of aliphatic carboxylic acids is 1. The fraction of sp³-hybridized carbons (Fsp3) is 0.429. The summed E-state index contributed by atoms with van der Waals surface area (Å²) in [6.07, 6.45) is 1.29. The van der Waals surface area contributed by atoms with E-state index in [1.54, 1.807) is 6.07 Å². The number of nitro groups is 1.